The molecule has 1 amide bonds. The lowest BCUT2D eigenvalue weighted by molar-refractivity contribution is -0.127. The number of rotatable bonds is 9. The van der Waals surface area contributed by atoms with Crippen molar-refractivity contribution in [3.8, 4) is 11.3 Å². The van der Waals surface area contributed by atoms with Crippen molar-refractivity contribution < 1.29 is 13.2 Å². The molecule has 0 bridgehead atoms. The molecule has 4 aromatic rings. The molecule has 36 heavy (non-hydrogen) atoms. The Hall–Kier alpha value is -3.70. The van der Waals surface area contributed by atoms with Crippen LogP contribution >= 0.6 is 0 Å². The highest BCUT2D eigenvalue weighted by Gasteiger charge is 2.20. The quantitative estimate of drug-likeness (QED) is 0.267. The second-order valence-corrected chi connectivity index (χ2v) is 10.6. The molecule has 2 aromatic heterocycles. The summed E-state index contributed by atoms with van der Waals surface area (Å²) in [5.74, 6) is 0.866. The van der Waals surface area contributed by atoms with Crippen LogP contribution in [-0.2, 0) is 14.8 Å². The smallest absolute Gasteiger partial charge is 0.240 e. The van der Waals surface area contributed by atoms with Gasteiger partial charge in [-0.05, 0) is 42.6 Å². The van der Waals surface area contributed by atoms with Crippen LogP contribution in [0.2, 0.25) is 0 Å². The van der Waals surface area contributed by atoms with Gasteiger partial charge >= 0.3 is 0 Å². The first-order valence-electron chi connectivity index (χ1n) is 12.0. The number of hydrogen-bond acceptors (Lipinski definition) is 6. The van der Waals surface area contributed by atoms with E-state index in [9.17, 15) is 13.2 Å². The van der Waals surface area contributed by atoms with Gasteiger partial charge in [0.05, 0.1) is 10.6 Å². The van der Waals surface area contributed by atoms with Crippen LogP contribution in [0.25, 0.3) is 16.9 Å². The molecule has 5 rings (SSSR count). The van der Waals surface area contributed by atoms with Gasteiger partial charge in [-0.25, -0.2) is 18.1 Å². The zero-order chi connectivity index (χ0) is 25.1. The molecule has 184 valence electrons. The van der Waals surface area contributed by atoms with Gasteiger partial charge in [0.1, 0.15) is 13.7 Å². The zero-order valence-electron chi connectivity index (χ0n) is 20.0. The second kappa shape index (κ2) is 10.1. The average Bonchev–Trinajstić information content (AvgIpc) is 3.48. The molecule has 0 saturated carbocycles. The van der Waals surface area contributed by atoms with Crippen LogP contribution in [0.15, 0.2) is 71.8 Å². The standard InChI is InChI=1S/C25H27BN6O3S/c26-21-17-27-32-23(16-22(30-25(21)32)18-6-2-1-3-7-18)29-19-9-11-20(12-10-19)36(34,35)28-13-5-15-31-14-4-8-24(31)33/h1-3,6-7,9-12,16-17,28-29H,4-5,8,13-15,26H2. The minimum absolute atomic E-state index is 0.147. The summed E-state index contributed by atoms with van der Waals surface area (Å²) >= 11 is 0. The summed E-state index contributed by atoms with van der Waals surface area (Å²) in [6.07, 6.45) is 3.81. The summed E-state index contributed by atoms with van der Waals surface area (Å²) in [6.45, 7) is 1.61. The SMILES string of the molecule is Bc1cnn2c(Nc3ccc(S(=O)(=O)NCCCN4CCCC4=O)cc3)cc(-c3ccccc3)nc12. The topological polar surface area (TPSA) is 109 Å². The second-order valence-electron chi connectivity index (χ2n) is 8.84. The maximum Gasteiger partial charge on any atom is 0.240 e. The zero-order valence-corrected chi connectivity index (χ0v) is 20.8. The maximum absolute atomic E-state index is 12.7. The lowest BCUT2D eigenvalue weighted by Gasteiger charge is -2.15. The Morgan fingerprint density at radius 3 is 2.56 bits per heavy atom. The van der Waals surface area contributed by atoms with Crippen molar-refractivity contribution in [2.45, 2.75) is 24.2 Å². The normalized spacial score (nSPS) is 14.0. The third kappa shape index (κ3) is 5.12. The van der Waals surface area contributed by atoms with E-state index in [1.807, 2.05) is 44.2 Å². The first kappa shape index (κ1) is 24.0. The van der Waals surface area contributed by atoms with E-state index in [0.29, 0.717) is 19.4 Å². The van der Waals surface area contributed by atoms with Crippen molar-refractivity contribution in [2.75, 3.05) is 25.0 Å². The van der Waals surface area contributed by atoms with Crippen LogP contribution in [-0.4, -0.2) is 61.3 Å². The van der Waals surface area contributed by atoms with Crippen LogP contribution in [0.4, 0.5) is 11.5 Å². The molecule has 2 N–H and O–H groups in total. The Kier molecular flexibility index (Phi) is 6.75. The highest BCUT2D eigenvalue weighted by molar-refractivity contribution is 7.89. The Morgan fingerprint density at radius 1 is 1.06 bits per heavy atom. The Balaban J connectivity index is 1.29. The van der Waals surface area contributed by atoms with Crippen molar-refractivity contribution >= 4 is 46.4 Å². The highest BCUT2D eigenvalue weighted by atomic mass is 32.2. The Labute approximate surface area is 211 Å². The number of carbonyl (C=O) groups is 1. The van der Waals surface area contributed by atoms with E-state index in [1.54, 1.807) is 39.9 Å². The lowest BCUT2D eigenvalue weighted by Crippen LogP contribution is -2.30. The number of benzene rings is 2. The first-order chi connectivity index (χ1) is 17.4. The van der Waals surface area contributed by atoms with Crippen molar-refractivity contribution in [1.29, 1.82) is 0 Å². The van der Waals surface area contributed by atoms with E-state index in [-0.39, 0.29) is 17.3 Å². The van der Waals surface area contributed by atoms with Crippen molar-refractivity contribution in [1.82, 2.24) is 24.2 Å². The number of sulfonamides is 1. The number of nitrogens with zero attached hydrogens (tertiary/aromatic N) is 4. The third-order valence-electron chi connectivity index (χ3n) is 6.22. The largest absolute Gasteiger partial charge is 0.343 e. The molecule has 0 radical (unpaired) electrons. The van der Waals surface area contributed by atoms with Crippen LogP contribution in [0.3, 0.4) is 0 Å². The third-order valence-corrected chi connectivity index (χ3v) is 7.70. The summed E-state index contributed by atoms with van der Waals surface area (Å²) in [7, 11) is -1.68. The van der Waals surface area contributed by atoms with Crippen molar-refractivity contribution in [3.05, 3.63) is 66.9 Å². The Morgan fingerprint density at radius 2 is 1.83 bits per heavy atom. The lowest BCUT2D eigenvalue weighted by atomic mass is 10.0. The van der Waals surface area contributed by atoms with Gasteiger partial charge in [-0.1, -0.05) is 30.3 Å². The van der Waals surface area contributed by atoms with Gasteiger partial charge in [0.25, 0.3) is 0 Å². The fourth-order valence-electron chi connectivity index (χ4n) is 4.28. The van der Waals surface area contributed by atoms with Crippen LogP contribution in [0, 0.1) is 0 Å². The molecule has 0 unspecified atom stereocenters. The van der Waals surface area contributed by atoms with Crippen LogP contribution in [0.1, 0.15) is 19.3 Å². The van der Waals surface area contributed by atoms with Gasteiger partial charge in [0, 0.05) is 49.6 Å². The van der Waals surface area contributed by atoms with Gasteiger partial charge in [0.2, 0.25) is 15.9 Å². The first-order valence-corrected chi connectivity index (χ1v) is 13.4. The number of hydrogen-bond donors (Lipinski definition) is 2. The average molecular weight is 502 g/mol. The van der Waals surface area contributed by atoms with E-state index in [2.05, 4.69) is 15.1 Å². The molecule has 1 fully saturated rings. The van der Waals surface area contributed by atoms with E-state index >= 15 is 0 Å². The van der Waals surface area contributed by atoms with E-state index in [4.69, 9.17) is 4.98 Å². The number of nitrogens with one attached hydrogen (secondary N) is 2. The predicted octanol–water partition coefficient (Wildman–Crippen LogP) is 1.69. The van der Waals surface area contributed by atoms with Gasteiger partial charge in [-0.2, -0.15) is 9.61 Å². The van der Waals surface area contributed by atoms with Crippen LogP contribution < -0.4 is 15.5 Å². The predicted molar refractivity (Wildman–Crippen MR) is 142 cm³/mol. The van der Waals surface area contributed by atoms with Crippen molar-refractivity contribution in [2.24, 2.45) is 0 Å². The molecule has 2 aromatic carbocycles. The molecule has 11 heteroatoms. The summed E-state index contributed by atoms with van der Waals surface area (Å²) < 4.78 is 29.8. The summed E-state index contributed by atoms with van der Waals surface area (Å²) in [4.78, 5) is 18.4. The molecule has 1 aliphatic rings. The molecule has 9 nitrogen and oxygen atoms in total. The monoisotopic (exact) mass is 502 g/mol. The molecule has 1 aliphatic heterocycles. The fraction of sp³-hybridized carbons (Fsp3) is 0.240. The number of aromatic nitrogens is 3. The number of anilines is 2. The van der Waals surface area contributed by atoms with Crippen LogP contribution in [0.5, 0.6) is 0 Å². The van der Waals surface area contributed by atoms with Crippen molar-refractivity contribution in [3.63, 3.8) is 0 Å². The van der Waals surface area contributed by atoms with Gasteiger partial charge in [-0.15, -0.1) is 0 Å². The van der Waals surface area contributed by atoms with Gasteiger partial charge in [-0.3, -0.25) is 4.79 Å². The molecule has 0 spiro atoms. The summed E-state index contributed by atoms with van der Waals surface area (Å²) in [5, 5.41) is 7.79. The molecule has 0 atom stereocenters. The minimum atomic E-state index is -3.64. The number of amides is 1. The number of fused-ring (bicyclic) bond motifs is 1. The van der Waals surface area contributed by atoms with Gasteiger partial charge < -0.3 is 10.2 Å². The number of likely N-dealkylation sites (tertiary alicyclic amines) is 1. The molecular weight excluding hydrogens is 475 g/mol. The van der Waals surface area contributed by atoms with E-state index in [1.165, 1.54) is 0 Å². The van der Waals surface area contributed by atoms with E-state index in [0.717, 1.165) is 46.8 Å². The fourth-order valence-corrected chi connectivity index (χ4v) is 5.36. The molecular formula is C25H27BN6O3S. The molecule has 0 aliphatic carbocycles. The maximum atomic E-state index is 12.7. The summed E-state index contributed by atoms with van der Waals surface area (Å²) in [6, 6.07) is 18.4. The number of carbonyl (C=O) groups excluding carboxylic acids is 1. The molecule has 3 heterocycles. The molecule has 1 saturated heterocycles. The Bertz CT molecular complexity index is 1490. The minimum Gasteiger partial charge on any atom is -0.343 e. The van der Waals surface area contributed by atoms with Gasteiger partial charge in [0.15, 0.2) is 5.65 Å². The highest BCUT2D eigenvalue weighted by Crippen LogP contribution is 2.24. The van der Waals surface area contributed by atoms with E-state index < -0.39 is 10.0 Å². The summed E-state index contributed by atoms with van der Waals surface area (Å²) in [5.41, 5.74) is 4.23.